The van der Waals surface area contributed by atoms with Gasteiger partial charge in [0.25, 0.3) is 0 Å². The average molecular weight is 474 g/mol. The van der Waals surface area contributed by atoms with Crippen molar-refractivity contribution in [3.8, 4) is 0 Å². The van der Waals surface area contributed by atoms with Crippen molar-refractivity contribution in [3.05, 3.63) is 35.4 Å². The van der Waals surface area contributed by atoms with Crippen molar-refractivity contribution in [1.82, 2.24) is 15.1 Å². The van der Waals surface area contributed by atoms with Gasteiger partial charge in [0.15, 0.2) is 5.96 Å². The number of halogens is 1. The van der Waals surface area contributed by atoms with Crippen molar-refractivity contribution in [2.75, 3.05) is 40.8 Å². The number of hydrogen-bond donors (Lipinski definition) is 1. The first kappa shape index (κ1) is 22.2. The Labute approximate surface area is 171 Å². The number of benzene rings is 1. The van der Waals surface area contributed by atoms with Crippen LogP contribution in [0.5, 0.6) is 0 Å². The second-order valence-electron chi connectivity index (χ2n) is 6.07. The molecule has 0 fully saturated rings. The van der Waals surface area contributed by atoms with Gasteiger partial charge in [-0.05, 0) is 18.1 Å². The summed E-state index contributed by atoms with van der Waals surface area (Å²) in [5, 5.41) is 3.08. The fourth-order valence-electron chi connectivity index (χ4n) is 2.86. The van der Waals surface area contributed by atoms with Crippen LogP contribution in [0.15, 0.2) is 29.3 Å². The number of guanidine groups is 1. The van der Waals surface area contributed by atoms with Crippen LogP contribution in [-0.4, -0.2) is 68.5 Å². The molecule has 1 N–H and O–H groups in total. The molecular weight excluding hydrogens is 447 g/mol. The van der Waals surface area contributed by atoms with Gasteiger partial charge in [-0.3, -0.25) is 14.6 Å². The molecule has 1 atom stereocenters. The molecule has 1 unspecified atom stereocenters. The van der Waals surface area contributed by atoms with E-state index in [2.05, 4.69) is 10.3 Å². The lowest BCUT2D eigenvalue weighted by atomic mass is 9.90. The maximum Gasteiger partial charge on any atom is 0.315 e. The van der Waals surface area contributed by atoms with Crippen LogP contribution in [0.4, 0.5) is 0 Å². The summed E-state index contributed by atoms with van der Waals surface area (Å²) in [7, 11) is 5.09. The monoisotopic (exact) mass is 474 g/mol. The standard InChI is InChI=1S/C18H26N4O3.HI/c1-5-25-17(24)15-12-22(11-13-8-6-7-9-14(13)15)18(19-2)20-10-16(23)21(3)4;/h6-9,15H,5,10-12H2,1-4H3,(H,19,20);1H. The molecule has 1 aliphatic rings. The van der Waals surface area contributed by atoms with E-state index >= 15 is 0 Å². The van der Waals surface area contributed by atoms with E-state index in [0.717, 1.165) is 11.1 Å². The van der Waals surface area contributed by atoms with Gasteiger partial charge < -0.3 is 19.9 Å². The molecule has 2 rings (SSSR count). The van der Waals surface area contributed by atoms with Crippen LogP contribution in [0.1, 0.15) is 24.0 Å². The number of carbonyl (C=O) groups excluding carboxylic acids is 2. The van der Waals surface area contributed by atoms with E-state index in [1.54, 1.807) is 28.1 Å². The molecular formula is C18H27IN4O3. The Morgan fingerprint density at radius 1 is 1.35 bits per heavy atom. The predicted octanol–water partition coefficient (Wildman–Crippen LogP) is 1.43. The third-order valence-corrected chi connectivity index (χ3v) is 4.17. The molecule has 1 heterocycles. The smallest absolute Gasteiger partial charge is 0.315 e. The first-order valence-corrected chi connectivity index (χ1v) is 8.38. The number of amides is 1. The number of esters is 1. The first-order chi connectivity index (χ1) is 12.0. The van der Waals surface area contributed by atoms with Crippen molar-refractivity contribution >= 4 is 41.8 Å². The highest BCUT2D eigenvalue weighted by Crippen LogP contribution is 2.29. The Hall–Kier alpha value is -1.84. The van der Waals surface area contributed by atoms with Crippen molar-refractivity contribution < 1.29 is 14.3 Å². The molecule has 0 aliphatic carbocycles. The summed E-state index contributed by atoms with van der Waals surface area (Å²) in [6, 6.07) is 7.87. The van der Waals surface area contributed by atoms with E-state index in [1.165, 1.54) is 4.90 Å². The summed E-state index contributed by atoms with van der Waals surface area (Å²) in [6.45, 7) is 3.40. The number of rotatable bonds is 4. The highest BCUT2D eigenvalue weighted by atomic mass is 127. The molecule has 7 nitrogen and oxygen atoms in total. The topological polar surface area (TPSA) is 74.2 Å². The van der Waals surface area contributed by atoms with Crippen molar-refractivity contribution in [2.24, 2.45) is 4.99 Å². The lowest BCUT2D eigenvalue weighted by Crippen LogP contribution is -2.49. The Kier molecular flexibility index (Phi) is 8.83. The number of hydrogen-bond acceptors (Lipinski definition) is 4. The molecule has 0 aromatic heterocycles. The quantitative estimate of drug-likeness (QED) is 0.310. The minimum atomic E-state index is -0.368. The van der Waals surface area contributed by atoms with Gasteiger partial charge in [0.1, 0.15) is 0 Å². The van der Waals surface area contributed by atoms with Gasteiger partial charge in [-0.1, -0.05) is 24.3 Å². The molecule has 144 valence electrons. The number of ether oxygens (including phenoxy) is 1. The third-order valence-electron chi connectivity index (χ3n) is 4.17. The summed E-state index contributed by atoms with van der Waals surface area (Å²) >= 11 is 0. The Bertz CT molecular complexity index is 664. The summed E-state index contributed by atoms with van der Waals surface area (Å²) < 4.78 is 5.24. The molecule has 1 amide bonds. The van der Waals surface area contributed by atoms with E-state index in [4.69, 9.17) is 4.74 Å². The summed E-state index contributed by atoms with van der Waals surface area (Å²) in [4.78, 5) is 32.0. The van der Waals surface area contributed by atoms with E-state index in [1.807, 2.05) is 29.2 Å². The fraction of sp³-hybridized carbons (Fsp3) is 0.500. The molecule has 1 aliphatic heterocycles. The van der Waals surface area contributed by atoms with E-state index in [-0.39, 0.29) is 48.3 Å². The van der Waals surface area contributed by atoms with E-state index in [9.17, 15) is 9.59 Å². The van der Waals surface area contributed by atoms with E-state index < -0.39 is 0 Å². The summed E-state index contributed by atoms with van der Waals surface area (Å²) in [5.41, 5.74) is 2.06. The third kappa shape index (κ3) is 5.33. The second-order valence-corrected chi connectivity index (χ2v) is 6.07. The zero-order valence-corrected chi connectivity index (χ0v) is 18.0. The zero-order chi connectivity index (χ0) is 18.4. The highest BCUT2D eigenvalue weighted by Gasteiger charge is 2.32. The van der Waals surface area contributed by atoms with Crippen LogP contribution in [0.25, 0.3) is 0 Å². The molecule has 0 radical (unpaired) electrons. The van der Waals surface area contributed by atoms with Gasteiger partial charge in [0, 0.05) is 34.2 Å². The molecule has 1 aromatic rings. The number of nitrogens with one attached hydrogen (secondary N) is 1. The number of nitrogens with zero attached hydrogens (tertiary/aromatic N) is 3. The van der Waals surface area contributed by atoms with Crippen LogP contribution < -0.4 is 5.32 Å². The van der Waals surface area contributed by atoms with Gasteiger partial charge >= 0.3 is 5.97 Å². The number of carbonyl (C=O) groups is 2. The molecule has 26 heavy (non-hydrogen) atoms. The van der Waals surface area contributed by atoms with Gasteiger partial charge in [-0.2, -0.15) is 0 Å². The van der Waals surface area contributed by atoms with Crippen LogP contribution in [-0.2, 0) is 20.9 Å². The number of fused-ring (bicyclic) bond motifs is 1. The number of aliphatic imine (C=N–C) groups is 1. The van der Waals surface area contributed by atoms with Crippen molar-refractivity contribution in [3.63, 3.8) is 0 Å². The maximum absolute atomic E-state index is 12.4. The summed E-state index contributed by atoms with van der Waals surface area (Å²) in [6.07, 6.45) is 0. The van der Waals surface area contributed by atoms with Gasteiger partial charge in [0.05, 0.1) is 19.1 Å². The Morgan fingerprint density at radius 3 is 2.65 bits per heavy atom. The normalized spacial score (nSPS) is 16.2. The maximum atomic E-state index is 12.4. The van der Waals surface area contributed by atoms with Crippen LogP contribution in [0.3, 0.4) is 0 Å². The predicted molar refractivity (Wildman–Crippen MR) is 112 cm³/mol. The van der Waals surface area contributed by atoms with E-state index in [0.29, 0.717) is 25.7 Å². The first-order valence-electron chi connectivity index (χ1n) is 8.38. The zero-order valence-electron chi connectivity index (χ0n) is 15.7. The molecule has 8 heteroatoms. The molecule has 0 spiro atoms. The van der Waals surface area contributed by atoms with Crippen molar-refractivity contribution in [2.45, 2.75) is 19.4 Å². The van der Waals surface area contributed by atoms with Crippen LogP contribution in [0, 0.1) is 0 Å². The SMILES string of the molecule is CCOC(=O)C1CN(C(=NC)NCC(=O)N(C)C)Cc2ccccc21.I. The number of likely N-dealkylation sites (N-methyl/N-ethyl adjacent to an activating group) is 1. The van der Waals surface area contributed by atoms with Gasteiger partial charge in [0.2, 0.25) is 5.91 Å². The molecule has 0 saturated heterocycles. The van der Waals surface area contributed by atoms with Gasteiger partial charge in [-0.15, -0.1) is 24.0 Å². The second kappa shape index (κ2) is 10.3. The highest BCUT2D eigenvalue weighted by molar-refractivity contribution is 14.0. The average Bonchev–Trinajstić information content (AvgIpc) is 2.61. The molecule has 0 bridgehead atoms. The Balaban J connectivity index is 0.00000338. The molecule has 1 aromatic carbocycles. The lowest BCUT2D eigenvalue weighted by molar-refractivity contribution is -0.145. The minimum absolute atomic E-state index is 0. The summed E-state index contributed by atoms with van der Waals surface area (Å²) in [5.74, 6) is -0.0491. The largest absolute Gasteiger partial charge is 0.465 e. The van der Waals surface area contributed by atoms with Crippen LogP contribution in [0.2, 0.25) is 0 Å². The minimum Gasteiger partial charge on any atom is -0.465 e. The Morgan fingerprint density at radius 2 is 2.04 bits per heavy atom. The molecule has 0 saturated carbocycles. The van der Waals surface area contributed by atoms with Crippen molar-refractivity contribution in [1.29, 1.82) is 0 Å². The van der Waals surface area contributed by atoms with Gasteiger partial charge in [-0.25, -0.2) is 0 Å². The van der Waals surface area contributed by atoms with Crippen LogP contribution >= 0.6 is 24.0 Å². The fourth-order valence-corrected chi connectivity index (χ4v) is 2.86. The lowest BCUT2D eigenvalue weighted by Gasteiger charge is -2.35.